The Labute approximate surface area is 44.1 Å². The molecule has 0 radical (unpaired) electrons. The number of carbonyl (C=O) groups excluding carboxylic acids is 1. The third-order valence-corrected chi connectivity index (χ3v) is 0.500. The normalized spacial score (nSPS) is 5.43. The molecule has 2 nitrogen and oxygen atoms in total. The number of unbranched alkanes of at least 4 members (excludes halogenated alkanes) is 1. The topological polar surface area (TPSA) is 40.9 Å². The summed E-state index contributed by atoms with van der Waals surface area (Å²) in [6.45, 7) is 4.36. The van der Waals surface area contributed by atoms with Crippen LogP contribution in [0.15, 0.2) is 0 Å². The summed E-state index contributed by atoms with van der Waals surface area (Å²) < 4.78 is 0. The van der Waals surface area contributed by atoms with Gasteiger partial charge in [-0.05, 0) is 0 Å². The molecule has 42 valence electrons. The fraction of sp³-hybridized carbons (Fsp3) is 0.800. The van der Waals surface area contributed by atoms with E-state index < -0.39 is 0 Å². The smallest absolute Gasteiger partial charge is 0.222 e. The average molecular weight is 101 g/mol. The first-order valence-electron chi connectivity index (χ1n) is 2.37. The highest BCUT2D eigenvalue weighted by molar-refractivity contribution is 5.26. The van der Waals surface area contributed by atoms with Crippen LogP contribution in [0.2, 0.25) is 0 Å². The second-order valence-electron chi connectivity index (χ2n) is 1.10. The summed E-state index contributed by atoms with van der Waals surface area (Å²) in [5.41, 5.74) is 0. The van der Waals surface area contributed by atoms with Crippen LogP contribution >= 0.6 is 0 Å². The molecule has 7 heavy (non-hydrogen) atoms. The van der Waals surface area contributed by atoms with Crippen LogP contribution in [0.1, 0.15) is 26.7 Å². The average Bonchev–Trinajstić information content (AvgIpc) is 1.69. The van der Waals surface area contributed by atoms with Gasteiger partial charge in [-0.25, -0.2) is 10.2 Å². The van der Waals surface area contributed by atoms with Gasteiger partial charge < -0.3 is 0 Å². The Balaban J connectivity index is 0. The Morgan fingerprint density at radius 3 is 1.57 bits per heavy atom. The van der Waals surface area contributed by atoms with Crippen LogP contribution in [0.3, 0.4) is 0 Å². The van der Waals surface area contributed by atoms with Gasteiger partial charge in [0.05, 0.1) is 0 Å². The van der Waals surface area contributed by atoms with Crippen LogP contribution in [0.4, 0.5) is 0 Å². The van der Waals surface area contributed by atoms with E-state index in [9.17, 15) is 0 Å². The highest BCUT2D eigenvalue weighted by Gasteiger charge is 1.56. The van der Waals surface area contributed by atoms with E-state index in [-0.39, 0.29) is 0 Å². The van der Waals surface area contributed by atoms with Crippen LogP contribution in [0.5, 0.6) is 0 Å². The van der Waals surface area contributed by atoms with Crippen molar-refractivity contribution in [3.63, 3.8) is 0 Å². The van der Waals surface area contributed by atoms with E-state index in [1.54, 1.807) is 0 Å². The van der Waals surface area contributed by atoms with E-state index in [0.29, 0.717) is 0 Å². The second-order valence-corrected chi connectivity index (χ2v) is 1.10. The van der Waals surface area contributed by atoms with Gasteiger partial charge in [-0.1, -0.05) is 26.7 Å². The third-order valence-electron chi connectivity index (χ3n) is 0.500. The van der Waals surface area contributed by atoms with Crippen molar-refractivity contribution in [3.8, 4) is 0 Å². The minimum atomic E-state index is 0.750. The van der Waals surface area contributed by atoms with E-state index >= 15 is 0 Å². The summed E-state index contributed by atoms with van der Waals surface area (Å²) in [5.74, 6) is 0. The number of hydrogen-bond donors (Lipinski definition) is 1. The van der Waals surface area contributed by atoms with Gasteiger partial charge in [0.15, 0.2) is 0 Å². The predicted molar refractivity (Wildman–Crippen MR) is 29.0 cm³/mol. The number of isocyanates is 1. The van der Waals surface area contributed by atoms with Gasteiger partial charge in [-0.3, -0.25) is 0 Å². The van der Waals surface area contributed by atoms with E-state index in [1.165, 1.54) is 12.8 Å². The first kappa shape index (κ1) is 9.63. The molecule has 0 unspecified atom stereocenters. The molecule has 1 N–H and O–H groups in total. The maximum absolute atomic E-state index is 8.35. The van der Waals surface area contributed by atoms with Gasteiger partial charge in [0, 0.05) is 0 Å². The zero-order valence-electron chi connectivity index (χ0n) is 4.82. The Bertz CT molecular complexity index is 44.0. The third kappa shape index (κ3) is 426. The molecule has 0 aromatic heterocycles. The monoisotopic (exact) mass is 101 g/mol. The van der Waals surface area contributed by atoms with Gasteiger partial charge in [0.25, 0.3) is 0 Å². The molecular weight excluding hydrogens is 90.1 g/mol. The van der Waals surface area contributed by atoms with E-state index in [0.717, 1.165) is 6.08 Å². The molecule has 0 saturated carbocycles. The lowest BCUT2D eigenvalue weighted by atomic mass is 10.4. The molecule has 0 heterocycles. The van der Waals surface area contributed by atoms with Gasteiger partial charge in [-0.2, -0.15) is 0 Å². The Hall–Kier alpha value is -0.620. The molecule has 0 aliphatic rings. The molecule has 0 aromatic rings. The molecule has 0 rings (SSSR count). The van der Waals surface area contributed by atoms with Crippen LogP contribution in [-0.4, -0.2) is 6.08 Å². The van der Waals surface area contributed by atoms with Crippen molar-refractivity contribution in [2.24, 2.45) is 0 Å². The molecule has 0 aliphatic carbocycles. The summed E-state index contributed by atoms with van der Waals surface area (Å²) >= 11 is 0. The summed E-state index contributed by atoms with van der Waals surface area (Å²) in [6.07, 6.45) is 3.39. The minimum Gasteiger partial charge on any atom is -0.222 e. The summed E-state index contributed by atoms with van der Waals surface area (Å²) in [6, 6.07) is 0. The highest BCUT2D eigenvalue weighted by Crippen LogP contribution is 1.76. The van der Waals surface area contributed by atoms with Crippen molar-refractivity contribution < 1.29 is 4.79 Å². The van der Waals surface area contributed by atoms with Crippen LogP contribution in [-0.2, 0) is 4.79 Å². The van der Waals surface area contributed by atoms with Gasteiger partial charge in [0.2, 0.25) is 6.08 Å². The van der Waals surface area contributed by atoms with Crippen molar-refractivity contribution in [2.45, 2.75) is 26.7 Å². The highest BCUT2D eigenvalue weighted by atomic mass is 16.1. The zero-order valence-corrected chi connectivity index (χ0v) is 4.82. The lowest BCUT2D eigenvalue weighted by Crippen LogP contribution is -1.47. The lowest BCUT2D eigenvalue weighted by molar-refractivity contribution is 0.563. The van der Waals surface area contributed by atoms with Crippen LogP contribution in [0, 0.1) is 5.41 Å². The van der Waals surface area contributed by atoms with Crippen molar-refractivity contribution in [1.82, 2.24) is 0 Å². The van der Waals surface area contributed by atoms with Gasteiger partial charge in [0.1, 0.15) is 0 Å². The molecule has 0 spiro atoms. The molecule has 0 aliphatic heterocycles. The van der Waals surface area contributed by atoms with Gasteiger partial charge in [-0.15, -0.1) is 0 Å². The van der Waals surface area contributed by atoms with Gasteiger partial charge >= 0.3 is 0 Å². The minimum absolute atomic E-state index is 0.750. The Morgan fingerprint density at radius 1 is 1.43 bits per heavy atom. The molecule has 0 saturated heterocycles. The predicted octanol–water partition coefficient (Wildman–Crippen LogP) is 1.71. The van der Waals surface area contributed by atoms with Crippen molar-refractivity contribution in [1.29, 1.82) is 5.41 Å². The molecule has 0 aromatic carbocycles. The number of hydrogen-bond acceptors (Lipinski definition) is 2. The zero-order chi connectivity index (χ0) is 6.12. The standard InChI is InChI=1S/C4H10.CHNO/c1-3-4-2;2-1-3/h3-4H2,1-2H3;2H. The lowest BCUT2D eigenvalue weighted by Gasteiger charge is -1.68. The van der Waals surface area contributed by atoms with Crippen LogP contribution < -0.4 is 0 Å². The van der Waals surface area contributed by atoms with Crippen molar-refractivity contribution in [3.05, 3.63) is 0 Å². The molecule has 0 fully saturated rings. The van der Waals surface area contributed by atoms with E-state index in [4.69, 9.17) is 10.2 Å². The second kappa shape index (κ2) is 18.2. The fourth-order valence-corrected chi connectivity index (χ4v) is 0. The quantitative estimate of drug-likeness (QED) is 0.396. The summed E-state index contributed by atoms with van der Waals surface area (Å²) in [7, 11) is 0. The van der Waals surface area contributed by atoms with Crippen molar-refractivity contribution in [2.75, 3.05) is 0 Å². The number of nitrogens with one attached hydrogen (secondary N) is 1. The fourth-order valence-electron chi connectivity index (χ4n) is 0. The largest absolute Gasteiger partial charge is 0.231 e. The molecule has 2 heteroatoms. The summed E-state index contributed by atoms with van der Waals surface area (Å²) in [5, 5.41) is 5.40. The Kier molecular flexibility index (Phi) is 25.1. The maximum atomic E-state index is 8.35. The number of rotatable bonds is 1. The SMILES string of the molecule is CCCC.N=C=O. The molecule has 0 bridgehead atoms. The van der Waals surface area contributed by atoms with E-state index in [2.05, 4.69) is 13.8 Å². The van der Waals surface area contributed by atoms with Crippen LogP contribution in [0.25, 0.3) is 0 Å². The first-order chi connectivity index (χ1) is 3.33. The maximum Gasteiger partial charge on any atom is 0.231 e. The first-order valence-corrected chi connectivity index (χ1v) is 2.37. The summed E-state index contributed by atoms with van der Waals surface area (Å²) in [4.78, 5) is 8.35. The van der Waals surface area contributed by atoms with Crippen molar-refractivity contribution >= 4 is 6.08 Å². The Morgan fingerprint density at radius 2 is 1.57 bits per heavy atom. The molecular formula is C5H11NO. The molecule has 0 atom stereocenters. The molecule has 0 amide bonds. The van der Waals surface area contributed by atoms with E-state index in [1.807, 2.05) is 0 Å².